The Morgan fingerprint density at radius 3 is 2.20 bits per heavy atom. The maximum atomic E-state index is 13.5. The van der Waals surface area contributed by atoms with Gasteiger partial charge < -0.3 is 19.7 Å². The molecule has 1 atom stereocenters. The number of ether oxygens (including phenoxy) is 2. The zero-order valence-corrected chi connectivity index (χ0v) is 20.1. The Labute approximate surface area is 205 Å². The van der Waals surface area contributed by atoms with E-state index in [1.165, 1.54) is 17.0 Å². The van der Waals surface area contributed by atoms with Crippen molar-refractivity contribution in [2.45, 2.75) is 32.4 Å². The maximum Gasteiger partial charge on any atom is 0.261 e. The fraction of sp³-hybridized carbons (Fsp3) is 0.286. The molecular weight excluding hydrogens is 447 g/mol. The average Bonchev–Trinajstić information content (AvgIpc) is 2.89. The van der Waals surface area contributed by atoms with Crippen molar-refractivity contribution in [1.82, 2.24) is 10.2 Å². The number of methoxy groups -OCH3 is 1. The van der Waals surface area contributed by atoms with Crippen LogP contribution in [0.1, 0.15) is 24.5 Å². The van der Waals surface area contributed by atoms with Crippen LogP contribution in [0.25, 0.3) is 0 Å². The molecule has 0 radical (unpaired) electrons. The van der Waals surface area contributed by atoms with E-state index in [2.05, 4.69) is 5.32 Å². The van der Waals surface area contributed by atoms with Gasteiger partial charge in [-0.1, -0.05) is 49.4 Å². The van der Waals surface area contributed by atoms with Gasteiger partial charge in [-0.15, -0.1) is 0 Å². The molecule has 1 N–H and O–H groups in total. The highest BCUT2D eigenvalue weighted by molar-refractivity contribution is 5.88. The number of rotatable bonds is 12. The summed E-state index contributed by atoms with van der Waals surface area (Å²) in [4.78, 5) is 28.2. The normalized spacial score (nSPS) is 11.4. The van der Waals surface area contributed by atoms with Crippen molar-refractivity contribution in [3.05, 3.63) is 95.8 Å². The number of hydrogen-bond acceptors (Lipinski definition) is 4. The molecule has 7 heteroatoms. The predicted octanol–water partition coefficient (Wildman–Crippen LogP) is 4.38. The SMILES string of the molecule is CCCNC(=O)[C@H](Cc1ccccc1)N(Cc1ccc(F)cc1)C(=O)COc1ccc(OC)cc1. The van der Waals surface area contributed by atoms with Gasteiger partial charge in [0, 0.05) is 19.5 Å². The first-order chi connectivity index (χ1) is 17.0. The fourth-order valence-electron chi connectivity index (χ4n) is 3.61. The largest absolute Gasteiger partial charge is 0.497 e. The van der Waals surface area contributed by atoms with Gasteiger partial charge in [0.15, 0.2) is 6.61 Å². The minimum atomic E-state index is -0.763. The van der Waals surface area contributed by atoms with Gasteiger partial charge in [-0.25, -0.2) is 4.39 Å². The second-order valence-corrected chi connectivity index (χ2v) is 8.11. The third-order valence-corrected chi connectivity index (χ3v) is 5.51. The van der Waals surface area contributed by atoms with E-state index < -0.39 is 6.04 Å². The topological polar surface area (TPSA) is 67.9 Å². The lowest BCUT2D eigenvalue weighted by molar-refractivity contribution is -0.142. The maximum absolute atomic E-state index is 13.5. The van der Waals surface area contributed by atoms with E-state index in [0.29, 0.717) is 30.0 Å². The highest BCUT2D eigenvalue weighted by atomic mass is 19.1. The van der Waals surface area contributed by atoms with E-state index in [-0.39, 0.29) is 30.8 Å². The van der Waals surface area contributed by atoms with Gasteiger partial charge in [-0.05, 0) is 53.9 Å². The third-order valence-electron chi connectivity index (χ3n) is 5.51. The molecular formula is C28H31FN2O4. The number of carbonyl (C=O) groups is 2. The standard InChI is InChI=1S/C28H31FN2O4/c1-3-17-30-28(33)26(18-21-7-5-4-6-8-21)31(19-22-9-11-23(29)12-10-22)27(32)20-35-25-15-13-24(34-2)14-16-25/h4-16,26H,3,17-20H2,1-2H3,(H,30,33)/t26-/m0/s1. The highest BCUT2D eigenvalue weighted by Gasteiger charge is 2.30. The first kappa shape index (κ1) is 25.7. The summed E-state index contributed by atoms with van der Waals surface area (Å²) in [5.41, 5.74) is 1.64. The number of nitrogens with zero attached hydrogens (tertiary/aromatic N) is 1. The Morgan fingerprint density at radius 2 is 1.57 bits per heavy atom. The molecule has 0 aromatic heterocycles. The van der Waals surface area contributed by atoms with Gasteiger partial charge in [0.25, 0.3) is 5.91 Å². The molecule has 3 aromatic rings. The van der Waals surface area contributed by atoms with Gasteiger partial charge in [0.1, 0.15) is 23.4 Å². The Kier molecular flexibility index (Phi) is 9.66. The summed E-state index contributed by atoms with van der Waals surface area (Å²) in [5.74, 6) is 0.234. The minimum Gasteiger partial charge on any atom is -0.497 e. The number of carbonyl (C=O) groups excluding carboxylic acids is 2. The molecule has 35 heavy (non-hydrogen) atoms. The number of nitrogens with one attached hydrogen (secondary N) is 1. The molecule has 0 bridgehead atoms. The van der Waals surface area contributed by atoms with Crippen LogP contribution in [0.15, 0.2) is 78.9 Å². The molecule has 6 nitrogen and oxygen atoms in total. The number of halogens is 1. The summed E-state index contributed by atoms with van der Waals surface area (Å²) in [7, 11) is 1.57. The van der Waals surface area contributed by atoms with E-state index in [4.69, 9.17) is 9.47 Å². The van der Waals surface area contributed by atoms with Crippen molar-refractivity contribution < 1.29 is 23.5 Å². The van der Waals surface area contributed by atoms with Crippen LogP contribution in [0.2, 0.25) is 0 Å². The molecule has 0 aliphatic carbocycles. The lowest BCUT2D eigenvalue weighted by Gasteiger charge is -2.31. The van der Waals surface area contributed by atoms with Gasteiger partial charge in [-0.3, -0.25) is 9.59 Å². The first-order valence-electron chi connectivity index (χ1n) is 11.6. The van der Waals surface area contributed by atoms with Crippen LogP contribution in [-0.4, -0.2) is 43.0 Å². The summed E-state index contributed by atoms with van der Waals surface area (Å²) < 4.78 is 24.4. The molecule has 0 spiro atoms. The Bertz CT molecular complexity index is 1070. The molecule has 3 rings (SSSR count). The van der Waals surface area contributed by atoms with Gasteiger partial charge in [0.05, 0.1) is 7.11 Å². The summed E-state index contributed by atoms with van der Waals surface area (Å²) in [5, 5.41) is 2.92. The highest BCUT2D eigenvalue weighted by Crippen LogP contribution is 2.19. The quantitative estimate of drug-likeness (QED) is 0.420. The van der Waals surface area contributed by atoms with Crippen LogP contribution in [0, 0.1) is 5.82 Å². The minimum absolute atomic E-state index is 0.141. The van der Waals surface area contributed by atoms with Crippen LogP contribution in [-0.2, 0) is 22.6 Å². The Balaban J connectivity index is 1.86. The zero-order chi connectivity index (χ0) is 25.0. The van der Waals surface area contributed by atoms with E-state index in [0.717, 1.165) is 12.0 Å². The van der Waals surface area contributed by atoms with E-state index in [1.54, 1.807) is 43.5 Å². The summed E-state index contributed by atoms with van der Waals surface area (Å²) >= 11 is 0. The van der Waals surface area contributed by atoms with Crippen molar-refractivity contribution in [2.75, 3.05) is 20.3 Å². The molecule has 0 heterocycles. The number of amides is 2. The van der Waals surface area contributed by atoms with Crippen molar-refractivity contribution in [3.8, 4) is 11.5 Å². The lowest BCUT2D eigenvalue weighted by Crippen LogP contribution is -2.51. The number of benzene rings is 3. The van der Waals surface area contributed by atoms with Gasteiger partial charge in [0.2, 0.25) is 5.91 Å². The van der Waals surface area contributed by atoms with E-state index in [9.17, 15) is 14.0 Å². The van der Waals surface area contributed by atoms with Crippen molar-refractivity contribution in [2.24, 2.45) is 0 Å². The smallest absolute Gasteiger partial charge is 0.261 e. The molecule has 0 fully saturated rings. The second kappa shape index (κ2) is 13.1. The van der Waals surface area contributed by atoms with E-state index >= 15 is 0 Å². The van der Waals surface area contributed by atoms with Crippen LogP contribution in [0.4, 0.5) is 4.39 Å². The molecule has 0 aliphatic rings. The summed E-state index contributed by atoms with van der Waals surface area (Å²) in [6, 6.07) is 21.6. The van der Waals surface area contributed by atoms with Crippen molar-refractivity contribution in [3.63, 3.8) is 0 Å². The zero-order valence-electron chi connectivity index (χ0n) is 20.1. The van der Waals surface area contributed by atoms with Gasteiger partial charge >= 0.3 is 0 Å². The van der Waals surface area contributed by atoms with Gasteiger partial charge in [-0.2, -0.15) is 0 Å². The monoisotopic (exact) mass is 478 g/mol. The molecule has 2 amide bonds. The number of hydrogen-bond donors (Lipinski definition) is 1. The van der Waals surface area contributed by atoms with E-state index in [1.807, 2.05) is 37.3 Å². The molecule has 0 aliphatic heterocycles. The van der Waals surface area contributed by atoms with Crippen molar-refractivity contribution in [1.29, 1.82) is 0 Å². The van der Waals surface area contributed by atoms with Crippen LogP contribution in [0.3, 0.4) is 0 Å². The Hall–Kier alpha value is -3.87. The third kappa shape index (κ3) is 7.84. The molecule has 3 aromatic carbocycles. The summed E-state index contributed by atoms with van der Waals surface area (Å²) in [6.45, 7) is 2.36. The first-order valence-corrected chi connectivity index (χ1v) is 11.6. The van der Waals surface area contributed by atoms with Crippen LogP contribution >= 0.6 is 0 Å². The predicted molar refractivity (Wildman–Crippen MR) is 133 cm³/mol. The molecule has 0 saturated heterocycles. The Morgan fingerprint density at radius 1 is 0.914 bits per heavy atom. The van der Waals surface area contributed by atoms with Crippen LogP contribution in [0.5, 0.6) is 11.5 Å². The van der Waals surface area contributed by atoms with Crippen LogP contribution < -0.4 is 14.8 Å². The fourth-order valence-corrected chi connectivity index (χ4v) is 3.61. The average molecular weight is 479 g/mol. The molecule has 0 saturated carbocycles. The van der Waals surface area contributed by atoms with Crippen molar-refractivity contribution >= 4 is 11.8 Å². The molecule has 0 unspecified atom stereocenters. The molecule has 184 valence electrons. The summed E-state index contributed by atoms with van der Waals surface area (Å²) in [6.07, 6.45) is 1.11. The second-order valence-electron chi connectivity index (χ2n) is 8.11. The lowest BCUT2D eigenvalue weighted by atomic mass is 10.0.